The molecule has 0 aromatic heterocycles. The van der Waals surface area contributed by atoms with Gasteiger partial charge in [-0.15, -0.1) is 0 Å². The van der Waals surface area contributed by atoms with Crippen LogP contribution in [0.4, 0.5) is 11.4 Å². The number of anilines is 2. The molecule has 0 unspecified atom stereocenters. The highest BCUT2D eigenvalue weighted by Gasteiger charge is 2.22. The van der Waals surface area contributed by atoms with Crippen molar-refractivity contribution >= 4 is 23.1 Å². The van der Waals surface area contributed by atoms with Gasteiger partial charge in [0, 0.05) is 41.6 Å². The molecule has 1 fully saturated rings. The molecule has 2 aromatic rings. The summed E-state index contributed by atoms with van der Waals surface area (Å²) in [7, 11) is 1.60. The second-order valence-electron chi connectivity index (χ2n) is 7.52. The first-order valence-electron chi connectivity index (χ1n) is 10.2. The molecule has 1 aliphatic rings. The predicted molar refractivity (Wildman–Crippen MR) is 117 cm³/mol. The average Bonchev–Trinajstić information content (AvgIpc) is 2.75. The van der Waals surface area contributed by atoms with Crippen molar-refractivity contribution in [3.05, 3.63) is 53.6 Å². The lowest BCUT2D eigenvalue weighted by Crippen LogP contribution is -2.42. The fraction of sp³-hybridized carbons (Fsp3) is 0.391. The number of hydrogen-bond acceptors (Lipinski definition) is 6. The number of carbonyl (C=O) groups is 2. The number of nitrogens with one attached hydrogen (secondary N) is 2. The van der Waals surface area contributed by atoms with Crippen molar-refractivity contribution in [2.45, 2.75) is 32.4 Å². The molecule has 160 valence electrons. The maximum Gasteiger partial charge on any atom is 0.238 e. The Labute approximate surface area is 177 Å². The van der Waals surface area contributed by atoms with Crippen LogP contribution in [0.3, 0.4) is 0 Å². The number of aliphatic hydroxyl groups excluding tert-OH is 1. The summed E-state index contributed by atoms with van der Waals surface area (Å²) in [6.07, 6.45) is 1.80. The van der Waals surface area contributed by atoms with E-state index in [2.05, 4.69) is 15.5 Å². The summed E-state index contributed by atoms with van der Waals surface area (Å²) < 4.78 is 5.32. The third kappa shape index (κ3) is 5.58. The van der Waals surface area contributed by atoms with Crippen molar-refractivity contribution in [1.29, 1.82) is 0 Å². The molecule has 7 nitrogen and oxygen atoms in total. The quantitative estimate of drug-likeness (QED) is 0.579. The molecule has 0 radical (unpaired) electrons. The van der Waals surface area contributed by atoms with Gasteiger partial charge in [-0.1, -0.05) is 18.2 Å². The minimum Gasteiger partial charge on any atom is -0.496 e. The van der Waals surface area contributed by atoms with Gasteiger partial charge in [-0.25, -0.2) is 0 Å². The van der Waals surface area contributed by atoms with E-state index in [-0.39, 0.29) is 24.3 Å². The Morgan fingerprint density at radius 2 is 1.90 bits per heavy atom. The summed E-state index contributed by atoms with van der Waals surface area (Å²) in [5.74, 6) is 0.559. The number of piperidine rings is 1. The van der Waals surface area contributed by atoms with E-state index in [4.69, 9.17) is 4.74 Å². The highest BCUT2D eigenvalue weighted by Crippen LogP contribution is 2.28. The van der Waals surface area contributed by atoms with Crippen molar-refractivity contribution in [1.82, 2.24) is 4.90 Å². The van der Waals surface area contributed by atoms with E-state index in [1.54, 1.807) is 31.4 Å². The summed E-state index contributed by atoms with van der Waals surface area (Å²) in [6.45, 7) is 3.34. The first-order valence-corrected chi connectivity index (χ1v) is 10.2. The van der Waals surface area contributed by atoms with Crippen LogP contribution in [0.5, 0.6) is 5.75 Å². The number of Topliss-reactive ketones (excluding diaryl/α,β-unsaturated/α-hetero) is 1. The van der Waals surface area contributed by atoms with E-state index in [1.165, 1.54) is 6.92 Å². The fourth-order valence-corrected chi connectivity index (χ4v) is 3.73. The lowest BCUT2D eigenvalue weighted by atomic mass is 10.0. The van der Waals surface area contributed by atoms with Crippen LogP contribution >= 0.6 is 0 Å². The number of likely N-dealkylation sites (tertiary alicyclic amines) is 1. The van der Waals surface area contributed by atoms with Gasteiger partial charge in [0.1, 0.15) is 5.75 Å². The van der Waals surface area contributed by atoms with Crippen LogP contribution in [0.1, 0.15) is 35.7 Å². The van der Waals surface area contributed by atoms with E-state index in [0.717, 1.165) is 37.2 Å². The Kier molecular flexibility index (Phi) is 7.43. The minimum absolute atomic E-state index is 0.0268. The van der Waals surface area contributed by atoms with Gasteiger partial charge in [0.05, 0.1) is 20.3 Å². The monoisotopic (exact) mass is 411 g/mol. The highest BCUT2D eigenvalue weighted by atomic mass is 16.5. The zero-order valence-corrected chi connectivity index (χ0v) is 17.5. The SMILES string of the molecule is COc1cccc(NC2CCN(CC(=O)Nc3cccc(C(C)=O)c3)CC2)c1CO. The molecule has 30 heavy (non-hydrogen) atoms. The van der Waals surface area contributed by atoms with E-state index in [9.17, 15) is 14.7 Å². The number of hydrogen-bond donors (Lipinski definition) is 3. The van der Waals surface area contributed by atoms with Crippen molar-refractivity contribution < 1.29 is 19.4 Å². The van der Waals surface area contributed by atoms with Crippen LogP contribution in [0.25, 0.3) is 0 Å². The molecule has 0 atom stereocenters. The van der Waals surface area contributed by atoms with Gasteiger partial charge in [-0.05, 0) is 44.0 Å². The van der Waals surface area contributed by atoms with Gasteiger partial charge in [-0.2, -0.15) is 0 Å². The average molecular weight is 412 g/mol. The number of amides is 1. The maximum absolute atomic E-state index is 12.4. The Hall–Kier alpha value is -2.90. The topological polar surface area (TPSA) is 90.9 Å². The molecular weight excluding hydrogens is 382 g/mol. The van der Waals surface area contributed by atoms with Crippen LogP contribution < -0.4 is 15.4 Å². The number of ketones is 1. The first-order chi connectivity index (χ1) is 14.5. The normalized spacial score (nSPS) is 14.9. The second-order valence-corrected chi connectivity index (χ2v) is 7.52. The molecule has 0 aliphatic carbocycles. The van der Waals surface area contributed by atoms with Crippen molar-refractivity contribution in [3.8, 4) is 5.75 Å². The number of methoxy groups -OCH3 is 1. The van der Waals surface area contributed by atoms with E-state index in [0.29, 0.717) is 23.5 Å². The van der Waals surface area contributed by atoms with Gasteiger partial charge < -0.3 is 20.5 Å². The predicted octanol–water partition coefficient (Wildman–Crippen LogP) is 2.91. The van der Waals surface area contributed by atoms with Crippen LogP contribution in [0.15, 0.2) is 42.5 Å². The van der Waals surface area contributed by atoms with Gasteiger partial charge in [0.25, 0.3) is 0 Å². The molecule has 0 spiro atoms. The standard InChI is InChI=1S/C23H29N3O4/c1-16(28)17-5-3-6-19(13-17)25-23(29)14-26-11-9-18(10-12-26)24-21-7-4-8-22(30-2)20(21)15-27/h3-8,13,18,24,27H,9-12,14-15H2,1-2H3,(H,25,29). The van der Waals surface area contributed by atoms with Gasteiger partial charge in [0.2, 0.25) is 5.91 Å². The van der Waals surface area contributed by atoms with Crippen LogP contribution in [-0.4, -0.2) is 54.5 Å². The number of aliphatic hydroxyl groups is 1. The molecule has 3 rings (SSSR count). The van der Waals surface area contributed by atoms with Gasteiger partial charge in [-0.3, -0.25) is 14.5 Å². The van der Waals surface area contributed by atoms with Crippen LogP contribution in [0.2, 0.25) is 0 Å². The lowest BCUT2D eigenvalue weighted by Gasteiger charge is -2.33. The Morgan fingerprint density at radius 3 is 2.57 bits per heavy atom. The lowest BCUT2D eigenvalue weighted by molar-refractivity contribution is -0.117. The molecular formula is C23H29N3O4. The number of rotatable bonds is 8. The Balaban J connectivity index is 1.49. The maximum atomic E-state index is 12.4. The largest absolute Gasteiger partial charge is 0.496 e. The molecule has 2 aromatic carbocycles. The van der Waals surface area contributed by atoms with Crippen LogP contribution in [-0.2, 0) is 11.4 Å². The molecule has 7 heteroatoms. The number of benzene rings is 2. The van der Waals surface area contributed by atoms with Crippen LogP contribution in [0, 0.1) is 0 Å². The summed E-state index contributed by atoms with van der Waals surface area (Å²) in [6, 6.07) is 12.9. The molecule has 1 amide bonds. The van der Waals surface area contributed by atoms with Crippen molar-refractivity contribution in [3.63, 3.8) is 0 Å². The minimum atomic E-state index is -0.0871. The summed E-state index contributed by atoms with van der Waals surface area (Å²) in [5.41, 5.74) is 2.87. The van der Waals surface area contributed by atoms with E-state index < -0.39 is 0 Å². The van der Waals surface area contributed by atoms with Crippen molar-refractivity contribution in [2.75, 3.05) is 37.4 Å². The number of ether oxygens (including phenoxy) is 1. The summed E-state index contributed by atoms with van der Waals surface area (Å²) in [4.78, 5) is 26.0. The zero-order valence-electron chi connectivity index (χ0n) is 17.5. The van der Waals surface area contributed by atoms with E-state index in [1.807, 2.05) is 18.2 Å². The first kappa shape index (κ1) is 21.8. The second kappa shape index (κ2) is 10.2. The molecule has 1 saturated heterocycles. The zero-order chi connectivity index (χ0) is 21.5. The smallest absolute Gasteiger partial charge is 0.238 e. The third-order valence-electron chi connectivity index (χ3n) is 5.38. The molecule has 0 bridgehead atoms. The summed E-state index contributed by atoms with van der Waals surface area (Å²) in [5, 5.41) is 16.1. The van der Waals surface area contributed by atoms with Gasteiger partial charge in [0.15, 0.2) is 5.78 Å². The van der Waals surface area contributed by atoms with Gasteiger partial charge >= 0.3 is 0 Å². The fourth-order valence-electron chi connectivity index (χ4n) is 3.73. The highest BCUT2D eigenvalue weighted by molar-refractivity contribution is 5.97. The molecule has 0 saturated carbocycles. The summed E-state index contributed by atoms with van der Waals surface area (Å²) >= 11 is 0. The Bertz CT molecular complexity index is 892. The number of nitrogens with zero attached hydrogens (tertiary/aromatic N) is 1. The number of carbonyl (C=O) groups excluding carboxylic acids is 2. The van der Waals surface area contributed by atoms with E-state index >= 15 is 0 Å². The molecule has 3 N–H and O–H groups in total. The molecule has 1 heterocycles. The molecule has 1 aliphatic heterocycles. The Morgan fingerprint density at radius 1 is 1.17 bits per heavy atom. The third-order valence-corrected chi connectivity index (χ3v) is 5.38. The van der Waals surface area contributed by atoms with Crippen molar-refractivity contribution in [2.24, 2.45) is 0 Å².